The van der Waals surface area contributed by atoms with E-state index in [9.17, 15) is 4.79 Å². The Morgan fingerprint density at radius 2 is 2.00 bits per heavy atom. The van der Waals surface area contributed by atoms with Crippen molar-refractivity contribution in [3.63, 3.8) is 0 Å². The van der Waals surface area contributed by atoms with Gasteiger partial charge >= 0.3 is 0 Å². The second-order valence-electron chi connectivity index (χ2n) is 5.31. The van der Waals surface area contributed by atoms with Crippen LogP contribution in [0.1, 0.15) is 16.0 Å². The van der Waals surface area contributed by atoms with E-state index in [1.165, 1.54) is 33.7 Å². The van der Waals surface area contributed by atoms with Gasteiger partial charge in [0.05, 0.1) is 5.57 Å². The molecular weight excluding hydrogens is 340 g/mol. The third-order valence-corrected chi connectivity index (χ3v) is 5.36. The van der Waals surface area contributed by atoms with Crippen LogP contribution in [0.2, 0.25) is 0 Å². The molecule has 0 spiro atoms. The summed E-state index contributed by atoms with van der Waals surface area (Å²) in [6.45, 7) is 2.02. The Hall–Kier alpha value is -2.51. The van der Waals surface area contributed by atoms with Crippen LogP contribution in [-0.4, -0.2) is 27.0 Å². The molecule has 4 rings (SSSR count). The van der Waals surface area contributed by atoms with E-state index in [-0.39, 0.29) is 11.4 Å². The Morgan fingerprint density at radius 1 is 1.21 bits per heavy atom. The van der Waals surface area contributed by atoms with E-state index in [2.05, 4.69) is 10.1 Å². The van der Waals surface area contributed by atoms with Crippen molar-refractivity contribution in [2.75, 3.05) is 0 Å². The lowest BCUT2D eigenvalue weighted by atomic mass is 10.1. The summed E-state index contributed by atoms with van der Waals surface area (Å²) in [5.74, 6) is -0.333. The molecule has 0 saturated carbocycles. The van der Waals surface area contributed by atoms with Gasteiger partial charge in [-0.1, -0.05) is 35.9 Å². The molecule has 2 aliphatic rings. The van der Waals surface area contributed by atoms with Gasteiger partial charge in [-0.2, -0.15) is 15.1 Å². The molecule has 24 heavy (non-hydrogen) atoms. The molecule has 1 aromatic carbocycles. The van der Waals surface area contributed by atoms with Crippen LogP contribution < -0.4 is 0 Å². The van der Waals surface area contributed by atoms with Crippen LogP contribution in [0.25, 0.3) is 6.08 Å². The van der Waals surface area contributed by atoms with E-state index in [0.29, 0.717) is 5.17 Å². The van der Waals surface area contributed by atoms with Crippen LogP contribution in [0, 0.1) is 12.3 Å². The lowest BCUT2D eigenvalue weighted by Crippen LogP contribution is -2.35. The summed E-state index contributed by atoms with van der Waals surface area (Å²) >= 11 is 2.82. The highest BCUT2D eigenvalue weighted by atomic mass is 32.2. The van der Waals surface area contributed by atoms with Gasteiger partial charge in [0.15, 0.2) is 5.84 Å². The van der Waals surface area contributed by atoms with E-state index in [4.69, 9.17) is 5.41 Å². The second-order valence-corrected chi connectivity index (χ2v) is 7.24. The topological polar surface area (TPSA) is 68.9 Å². The first-order valence-electron chi connectivity index (χ1n) is 7.22. The molecule has 5 nitrogen and oxygen atoms in total. The minimum Gasteiger partial charge on any atom is -0.282 e. The number of amidine groups is 2. The van der Waals surface area contributed by atoms with Crippen molar-refractivity contribution in [2.45, 2.75) is 6.92 Å². The summed E-state index contributed by atoms with van der Waals surface area (Å²) in [7, 11) is 0. The van der Waals surface area contributed by atoms with Crippen molar-refractivity contribution >= 4 is 51.1 Å². The first-order valence-corrected chi connectivity index (χ1v) is 8.92. The molecule has 2 aliphatic heterocycles. The number of hydrazone groups is 1. The maximum atomic E-state index is 12.3. The normalized spacial score (nSPS) is 18.7. The van der Waals surface area contributed by atoms with Crippen LogP contribution in [0.3, 0.4) is 0 Å². The van der Waals surface area contributed by atoms with Gasteiger partial charge in [-0.3, -0.25) is 10.2 Å². The molecule has 7 heteroatoms. The van der Waals surface area contributed by atoms with Gasteiger partial charge in [-0.25, -0.2) is 0 Å². The van der Waals surface area contributed by atoms with E-state index in [1.54, 1.807) is 6.08 Å². The molecule has 0 fully saturated rings. The number of carbonyl (C=O) groups excluding carboxylic acids is 1. The monoisotopic (exact) mass is 352 g/mol. The first kappa shape index (κ1) is 15.0. The number of benzene rings is 1. The second kappa shape index (κ2) is 5.85. The van der Waals surface area contributed by atoms with Crippen LogP contribution in [0.4, 0.5) is 0 Å². The van der Waals surface area contributed by atoms with Crippen LogP contribution >= 0.6 is 23.1 Å². The van der Waals surface area contributed by atoms with Crippen molar-refractivity contribution in [2.24, 2.45) is 10.1 Å². The molecule has 3 heterocycles. The number of rotatable bonds is 2. The van der Waals surface area contributed by atoms with E-state index >= 15 is 0 Å². The number of hydrogen-bond acceptors (Lipinski definition) is 5. The van der Waals surface area contributed by atoms with Crippen molar-refractivity contribution < 1.29 is 4.79 Å². The van der Waals surface area contributed by atoms with E-state index in [1.807, 2.05) is 48.7 Å². The fourth-order valence-electron chi connectivity index (χ4n) is 2.32. The molecule has 0 atom stereocenters. The number of thioether (sulfide) groups is 1. The van der Waals surface area contributed by atoms with Crippen LogP contribution in [-0.2, 0) is 4.79 Å². The number of carbonyl (C=O) groups is 1. The molecule has 1 amide bonds. The summed E-state index contributed by atoms with van der Waals surface area (Å²) in [4.78, 5) is 17.3. The molecule has 1 N–H and O–H groups in total. The predicted molar refractivity (Wildman–Crippen MR) is 99.6 cm³/mol. The third kappa shape index (κ3) is 2.61. The average Bonchev–Trinajstić information content (AvgIpc) is 3.21. The summed E-state index contributed by atoms with van der Waals surface area (Å²) in [5.41, 5.74) is 2.38. The maximum absolute atomic E-state index is 12.3. The molecule has 2 aromatic rings. The van der Waals surface area contributed by atoms with Crippen molar-refractivity contribution in [1.82, 2.24) is 5.01 Å². The van der Waals surface area contributed by atoms with Gasteiger partial charge in [0.1, 0.15) is 5.04 Å². The number of hydrogen-bond donors (Lipinski definition) is 1. The summed E-state index contributed by atoms with van der Waals surface area (Å²) in [6.07, 6.45) is 1.69. The van der Waals surface area contributed by atoms with Gasteiger partial charge < -0.3 is 0 Å². The number of aliphatic imine (C=N–C) groups is 1. The fourth-order valence-corrected chi connectivity index (χ4v) is 3.87. The molecule has 1 aromatic heterocycles. The Kier molecular flexibility index (Phi) is 3.66. The quantitative estimate of drug-likeness (QED) is 0.838. The highest BCUT2D eigenvalue weighted by Crippen LogP contribution is 2.31. The zero-order valence-electron chi connectivity index (χ0n) is 12.7. The van der Waals surface area contributed by atoms with Crippen LogP contribution in [0.15, 0.2) is 57.4 Å². The van der Waals surface area contributed by atoms with Gasteiger partial charge in [0, 0.05) is 10.4 Å². The predicted octanol–water partition coefficient (Wildman–Crippen LogP) is 3.72. The Labute approximate surface area is 146 Å². The number of aryl methyl sites for hydroxylation is 1. The number of amides is 1. The zero-order chi connectivity index (χ0) is 16.7. The average molecular weight is 352 g/mol. The Morgan fingerprint density at radius 3 is 2.71 bits per heavy atom. The lowest BCUT2D eigenvalue weighted by Gasteiger charge is -2.19. The molecule has 0 saturated heterocycles. The molecular formula is C17H12N4OS2. The smallest absolute Gasteiger partial charge is 0.282 e. The minimum absolute atomic E-state index is 0.0630. The number of thiophene rings is 1. The van der Waals surface area contributed by atoms with Gasteiger partial charge in [-0.15, -0.1) is 11.3 Å². The minimum atomic E-state index is -0.396. The SMILES string of the molecule is Cc1ccc(C2=NN3C(=N)C(=Cc4cccs4)C(=O)N=C3S2)cc1. The van der Waals surface area contributed by atoms with Crippen molar-refractivity contribution in [3.8, 4) is 0 Å². The Balaban J connectivity index is 1.70. The summed E-state index contributed by atoms with van der Waals surface area (Å²) in [6, 6.07) is 11.8. The Bertz CT molecular complexity index is 924. The van der Waals surface area contributed by atoms with Crippen molar-refractivity contribution in [3.05, 3.63) is 63.4 Å². The maximum Gasteiger partial charge on any atom is 0.283 e. The third-order valence-electron chi connectivity index (χ3n) is 3.58. The highest BCUT2D eigenvalue weighted by Gasteiger charge is 2.35. The summed E-state index contributed by atoms with van der Waals surface area (Å²) < 4.78 is 0. The lowest BCUT2D eigenvalue weighted by molar-refractivity contribution is -0.114. The van der Waals surface area contributed by atoms with Crippen molar-refractivity contribution in [1.29, 1.82) is 5.41 Å². The van der Waals surface area contributed by atoms with Gasteiger partial charge in [0.2, 0.25) is 5.17 Å². The number of nitrogens with one attached hydrogen (secondary N) is 1. The molecule has 0 aliphatic carbocycles. The number of nitrogens with zero attached hydrogens (tertiary/aromatic N) is 3. The standard InChI is InChI=1S/C17H12N4OS2/c1-10-4-6-11(7-5-10)16-20-21-14(18)13(9-12-3-2-8-23-12)15(22)19-17(21)24-16/h2-9,18H,1H3. The van der Waals surface area contributed by atoms with Crippen LogP contribution in [0.5, 0.6) is 0 Å². The largest absolute Gasteiger partial charge is 0.283 e. The van der Waals surface area contributed by atoms with E-state index < -0.39 is 5.91 Å². The molecule has 118 valence electrons. The zero-order valence-corrected chi connectivity index (χ0v) is 14.3. The first-order chi connectivity index (χ1) is 11.6. The molecule has 0 radical (unpaired) electrons. The van der Waals surface area contributed by atoms with Gasteiger partial charge in [-0.05, 0) is 36.2 Å². The highest BCUT2D eigenvalue weighted by molar-refractivity contribution is 8.27. The number of fused-ring (bicyclic) bond motifs is 1. The molecule has 0 bridgehead atoms. The fraction of sp³-hybridized carbons (Fsp3) is 0.0588. The van der Waals surface area contributed by atoms with E-state index in [0.717, 1.165) is 15.5 Å². The summed E-state index contributed by atoms with van der Waals surface area (Å²) in [5, 5.41) is 17.3. The molecule has 0 unspecified atom stereocenters. The van der Waals surface area contributed by atoms with Gasteiger partial charge in [0.25, 0.3) is 5.91 Å².